The summed E-state index contributed by atoms with van der Waals surface area (Å²) in [7, 11) is 0. The largest absolute Gasteiger partial charge is 0.412 e. The van der Waals surface area contributed by atoms with E-state index in [9.17, 15) is 5.26 Å². The van der Waals surface area contributed by atoms with Gasteiger partial charge in [0.15, 0.2) is 0 Å². The minimum atomic E-state index is -0.136. The predicted octanol–water partition coefficient (Wildman–Crippen LogP) is 2.61. The van der Waals surface area contributed by atoms with Crippen molar-refractivity contribution in [2.75, 3.05) is 0 Å². The zero-order valence-electron chi connectivity index (χ0n) is 10.2. The predicted molar refractivity (Wildman–Crippen MR) is 62.4 cm³/mol. The highest BCUT2D eigenvalue weighted by atomic mass is 16.7. The lowest BCUT2D eigenvalue weighted by atomic mass is 9.64. The molecule has 90 valence electrons. The third-order valence-corrected chi connectivity index (χ3v) is 5.65. The first-order valence-corrected chi connectivity index (χ1v) is 6.78. The highest BCUT2D eigenvalue weighted by Gasteiger charge is 2.58. The summed E-state index contributed by atoms with van der Waals surface area (Å²) in [4.78, 5) is 5.78. The maximum atomic E-state index is 9.33. The summed E-state index contributed by atoms with van der Waals surface area (Å²) >= 11 is 0. The number of hydrogen-bond acceptors (Lipinski definition) is 3. The number of hydrogen-bond donors (Lipinski definition) is 0. The van der Waals surface area contributed by atoms with Gasteiger partial charge < -0.3 is 4.84 Å². The fraction of sp³-hybridized carbons (Fsp3) is 0.786. The standard InChI is InChI=1S/C14H18N2O/c1-14-11-3-9-2-10(4-11)6-13(5-9)16(14)17-8-12(14)7-15/h8-11,13H,2-6H2,1H3. The van der Waals surface area contributed by atoms with Crippen LogP contribution in [-0.4, -0.2) is 16.6 Å². The third kappa shape index (κ3) is 1.10. The van der Waals surface area contributed by atoms with Crippen LogP contribution in [0.2, 0.25) is 0 Å². The Morgan fingerprint density at radius 3 is 2.65 bits per heavy atom. The molecule has 0 aromatic rings. The molecule has 2 aliphatic carbocycles. The molecule has 0 spiro atoms. The van der Waals surface area contributed by atoms with Gasteiger partial charge in [-0.3, -0.25) is 0 Å². The molecule has 17 heavy (non-hydrogen) atoms. The van der Waals surface area contributed by atoms with E-state index in [1.807, 2.05) is 0 Å². The monoisotopic (exact) mass is 230 g/mol. The molecule has 5 rings (SSSR count). The van der Waals surface area contributed by atoms with E-state index in [1.165, 1.54) is 32.1 Å². The van der Waals surface area contributed by atoms with E-state index in [-0.39, 0.29) is 5.54 Å². The molecule has 0 aromatic carbocycles. The molecule has 3 nitrogen and oxygen atoms in total. The average Bonchev–Trinajstić information content (AvgIpc) is 2.59. The smallest absolute Gasteiger partial charge is 0.127 e. The maximum absolute atomic E-state index is 9.33. The summed E-state index contributed by atoms with van der Waals surface area (Å²) in [5.41, 5.74) is 0.708. The van der Waals surface area contributed by atoms with Crippen molar-refractivity contribution in [3.05, 3.63) is 11.8 Å². The molecule has 0 radical (unpaired) electrons. The van der Waals surface area contributed by atoms with Gasteiger partial charge in [-0.25, -0.2) is 0 Å². The van der Waals surface area contributed by atoms with Gasteiger partial charge in [0.05, 0.1) is 11.1 Å². The molecular weight excluding hydrogens is 212 g/mol. The molecular formula is C14H18N2O. The summed E-state index contributed by atoms with van der Waals surface area (Å²) in [6.45, 7) is 2.22. The summed E-state index contributed by atoms with van der Waals surface area (Å²) in [6.07, 6.45) is 8.25. The van der Waals surface area contributed by atoms with Crippen LogP contribution in [0.3, 0.4) is 0 Å². The molecule has 2 saturated carbocycles. The number of nitriles is 1. The van der Waals surface area contributed by atoms with E-state index in [0.717, 1.165) is 17.4 Å². The van der Waals surface area contributed by atoms with E-state index < -0.39 is 0 Å². The van der Waals surface area contributed by atoms with Gasteiger partial charge in [0, 0.05) is 6.04 Å². The van der Waals surface area contributed by atoms with Gasteiger partial charge in [-0.2, -0.15) is 5.26 Å². The maximum Gasteiger partial charge on any atom is 0.127 e. The van der Waals surface area contributed by atoms with Crippen molar-refractivity contribution in [1.82, 2.24) is 5.06 Å². The van der Waals surface area contributed by atoms with Crippen LogP contribution in [0.4, 0.5) is 0 Å². The van der Waals surface area contributed by atoms with Gasteiger partial charge in [-0.1, -0.05) is 0 Å². The topological polar surface area (TPSA) is 36.3 Å². The third-order valence-electron chi connectivity index (χ3n) is 5.65. The Kier molecular flexibility index (Phi) is 1.79. The van der Waals surface area contributed by atoms with Gasteiger partial charge in [0.25, 0.3) is 0 Å². The van der Waals surface area contributed by atoms with Crippen molar-refractivity contribution in [3.63, 3.8) is 0 Å². The number of nitrogens with zero attached hydrogens (tertiary/aromatic N) is 2. The summed E-state index contributed by atoms with van der Waals surface area (Å²) in [5, 5.41) is 11.5. The van der Waals surface area contributed by atoms with Crippen LogP contribution >= 0.6 is 0 Å². The van der Waals surface area contributed by atoms with Crippen molar-refractivity contribution < 1.29 is 4.84 Å². The van der Waals surface area contributed by atoms with Crippen molar-refractivity contribution in [3.8, 4) is 6.07 Å². The Morgan fingerprint density at radius 2 is 2.00 bits per heavy atom. The molecule has 0 N–H and O–H groups in total. The second kappa shape index (κ2) is 3.05. The van der Waals surface area contributed by atoms with Crippen LogP contribution in [0.5, 0.6) is 0 Å². The molecule has 3 atom stereocenters. The fourth-order valence-corrected chi connectivity index (χ4v) is 4.93. The van der Waals surface area contributed by atoms with E-state index in [1.54, 1.807) is 6.26 Å². The highest BCUT2D eigenvalue weighted by molar-refractivity contribution is 5.36. The summed E-state index contributed by atoms with van der Waals surface area (Å²) in [6, 6.07) is 2.91. The Bertz CT molecular complexity index is 424. The molecule has 5 aliphatic rings. The molecule has 3 aliphatic heterocycles. The van der Waals surface area contributed by atoms with Crippen LogP contribution in [0.15, 0.2) is 11.8 Å². The normalized spacial score (nSPS) is 51.4. The zero-order valence-corrected chi connectivity index (χ0v) is 10.2. The molecule has 2 saturated heterocycles. The van der Waals surface area contributed by atoms with Crippen LogP contribution in [0, 0.1) is 29.1 Å². The minimum Gasteiger partial charge on any atom is -0.412 e. The minimum absolute atomic E-state index is 0.136. The molecule has 4 fully saturated rings. The Balaban J connectivity index is 1.84. The van der Waals surface area contributed by atoms with Crippen molar-refractivity contribution in [1.29, 1.82) is 5.26 Å². The zero-order chi connectivity index (χ0) is 11.6. The van der Waals surface area contributed by atoms with Gasteiger partial charge >= 0.3 is 0 Å². The first kappa shape index (κ1) is 9.96. The highest BCUT2D eigenvalue weighted by Crippen LogP contribution is 2.56. The van der Waals surface area contributed by atoms with Crippen LogP contribution in [0.1, 0.15) is 39.0 Å². The van der Waals surface area contributed by atoms with Gasteiger partial charge in [-0.05, 0) is 56.8 Å². The molecule has 0 amide bonds. The molecule has 0 aromatic heterocycles. The SMILES string of the molecule is CC12C(C#N)=CON1C1CC3CC(C1)CC2C3. The average molecular weight is 230 g/mol. The van der Waals surface area contributed by atoms with E-state index in [4.69, 9.17) is 4.84 Å². The summed E-state index contributed by atoms with van der Waals surface area (Å²) < 4.78 is 0. The van der Waals surface area contributed by atoms with Crippen LogP contribution in [0.25, 0.3) is 0 Å². The second-order valence-corrected chi connectivity index (χ2v) is 6.48. The molecule has 4 bridgehead atoms. The van der Waals surface area contributed by atoms with Crippen molar-refractivity contribution in [2.45, 2.75) is 50.6 Å². The van der Waals surface area contributed by atoms with Gasteiger partial charge in [-0.15, -0.1) is 5.06 Å². The number of rotatable bonds is 0. The Hall–Kier alpha value is -1.01. The van der Waals surface area contributed by atoms with Crippen LogP contribution < -0.4 is 0 Å². The first-order chi connectivity index (χ1) is 8.21. The molecule has 3 unspecified atom stereocenters. The summed E-state index contributed by atoms with van der Waals surface area (Å²) in [5.74, 6) is 2.37. The van der Waals surface area contributed by atoms with Gasteiger partial charge in [0.2, 0.25) is 0 Å². The van der Waals surface area contributed by atoms with Gasteiger partial charge in [0.1, 0.15) is 12.3 Å². The van der Waals surface area contributed by atoms with Crippen molar-refractivity contribution >= 4 is 0 Å². The fourth-order valence-electron chi connectivity index (χ4n) is 4.93. The second-order valence-electron chi connectivity index (χ2n) is 6.48. The van der Waals surface area contributed by atoms with Crippen LogP contribution in [-0.2, 0) is 4.84 Å². The Morgan fingerprint density at radius 1 is 1.29 bits per heavy atom. The lowest BCUT2D eigenvalue weighted by molar-refractivity contribution is -0.176. The number of hydroxylamine groups is 2. The van der Waals surface area contributed by atoms with Crippen molar-refractivity contribution in [2.24, 2.45) is 17.8 Å². The lowest BCUT2D eigenvalue weighted by Crippen LogP contribution is -2.50. The van der Waals surface area contributed by atoms with E-state index in [2.05, 4.69) is 18.1 Å². The quantitative estimate of drug-likeness (QED) is 0.641. The molecule has 3 heterocycles. The molecule has 3 heteroatoms. The Labute approximate surface area is 102 Å². The first-order valence-electron chi connectivity index (χ1n) is 6.78. The lowest BCUT2D eigenvalue weighted by Gasteiger charge is -2.40. The van der Waals surface area contributed by atoms with E-state index >= 15 is 0 Å². The van der Waals surface area contributed by atoms with E-state index in [0.29, 0.717) is 12.0 Å².